The average molecular weight is 395 g/mol. The fourth-order valence-corrected chi connectivity index (χ4v) is 3.88. The number of hydrogen-bond acceptors (Lipinski definition) is 3. The Kier molecular flexibility index (Phi) is 6.44. The molecule has 0 saturated carbocycles. The molecule has 0 unspecified atom stereocenters. The quantitative estimate of drug-likeness (QED) is 0.777. The molecule has 5 nitrogen and oxygen atoms in total. The van der Waals surface area contributed by atoms with Gasteiger partial charge in [0.05, 0.1) is 22.2 Å². The summed E-state index contributed by atoms with van der Waals surface area (Å²) < 4.78 is 27.0. The number of nitrogens with one attached hydrogen (secondary N) is 2. The molecule has 26 heavy (non-hydrogen) atoms. The van der Waals surface area contributed by atoms with E-state index in [-0.39, 0.29) is 11.4 Å². The number of sulfonamides is 1. The number of carbonyl (C=O) groups is 1. The van der Waals surface area contributed by atoms with Crippen molar-refractivity contribution >= 4 is 33.2 Å². The van der Waals surface area contributed by atoms with Gasteiger partial charge in [-0.3, -0.25) is 4.79 Å². The van der Waals surface area contributed by atoms with Gasteiger partial charge >= 0.3 is 0 Å². The molecule has 140 valence electrons. The first kappa shape index (κ1) is 20.4. The maximum atomic E-state index is 12.3. The van der Waals surface area contributed by atoms with Gasteiger partial charge in [0.15, 0.2) is 0 Å². The zero-order valence-electron chi connectivity index (χ0n) is 15.3. The molecule has 0 radical (unpaired) electrons. The summed E-state index contributed by atoms with van der Waals surface area (Å²) in [6.07, 6.45) is 0. The lowest BCUT2D eigenvalue weighted by Gasteiger charge is -2.12. The summed E-state index contributed by atoms with van der Waals surface area (Å²) in [5, 5.41) is 3.08. The number of carbonyl (C=O) groups excluding carboxylic acids is 1. The summed E-state index contributed by atoms with van der Waals surface area (Å²) >= 11 is 6.15. The van der Waals surface area contributed by atoms with Gasteiger partial charge < -0.3 is 5.32 Å². The van der Waals surface area contributed by atoms with Crippen LogP contribution in [-0.2, 0) is 14.8 Å². The summed E-state index contributed by atoms with van der Waals surface area (Å²) in [7, 11) is -3.76. The number of hydrogen-bond donors (Lipinski definition) is 2. The Hall–Kier alpha value is -1.89. The van der Waals surface area contributed by atoms with Crippen LogP contribution >= 0.6 is 11.6 Å². The van der Waals surface area contributed by atoms with Crippen molar-refractivity contribution in [3.8, 4) is 0 Å². The second-order valence-electron chi connectivity index (χ2n) is 6.54. The Morgan fingerprint density at radius 1 is 1.12 bits per heavy atom. The zero-order valence-corrected chi connectivity index (χ0v) is 16.8. The Labute approximate surface area is 159 Å². The van der Waals surface area contributed by atoms with Crippen LogP contribution in [0.5, 0.6) is 0 Å². The van der Waals surface area contributed by atoms with E-state index >= 15 is 0 Å². The highest BCUT2D eigenvalue weighted by Gasteiger charge is 2.17. The Balaban J connectivity index is 2.04. The SMILES string of the molecule is Cc1cc(C)c(NC(=O)CNS(=O)(=O)c2ccc(C(C)C)cc2)c(Cl)c1. The van der Waals surface area contributed by atoms with Gasteiger partial charge in [-0.2, -0.15) is 0 Å². The predicted molar refractivity (Wildman–Crippen MR) is 105 cm³/mol. The van der Waals surface area contributed by atoms with E-state index in [1.165, 1.54) is 12.1 Å². The van der Waals surface area contributed by atoms with Gasteiger partial charge in [-0.25, -0.2) is 13.1 Å². The monoisotopic (exact) mass is 394 g/mol. The minimum atomic E-state index is -3.76. The van der Waals surface area contributed by atoms with Crippen LogP contribution in [0, 0.1) is 13.8 Å². The van der Waals surface area contributed by atoms with Crippen LogP contribution < -0.4 is 10.0 Å². The van der Waals surface area contributed by atoms with Crippen LogP contribution in [0.2, 0.25) is 5.02 Å². The van der Waals surface area contributed by atoms with Crippen molar-refractivity contribution in [1.82, 2.24) is 4.72 Å². The van der Waals surface area contributed by atoms with E-state index in [2.05, 4.69) is 10.0 Å². The van der Waals surface area contributed by atoms with Gasteiger partial charge in [0.25, 0.3) is 0 Å². The van der Waals surface area contributed by atoms with Gasteiger partial charge in [-0.15, -0.1) is 0 Å². The molecule has 2 rings (SSSR count). The zero-order chi connectivity index (χ0) is 19.5. The van der Waals surface area contributed by atoms with Crippen molar-refractivity contribution in [2.75, 3.05) is 11.9 Å². The predicted octanol–water partition coefficient (Wildman–Crippen LogP) is 4.00. The highest BCUT2D eigenvalue weighted by molar-refractivity contribution is 7.89. The average Bonchev–Trinajstić information content (AvgIpc) is 2.56. The first-order valence-corrected chi connectivity index (χ1v) is 10.1. The maximum absolute atomic E-state index is 12.3. The molecule has 0 aromatic heterocycles. The van der Waals surface area contributed by atoms with E-state index in [0.29, 0.717) is 16.6 Å². The van der Waals surface area contributed by atoms with Crippen LogP contribution in [0.15, 0.2) is 41.3 Å². The number of aryl methyl sites for hydroxylation is 2. The largest absolute Gasteiger partial charge is 0.323 e. The van der Waals surface area contributed by atoms with Crippen molar-refractivity contribution in [3.63, 3.8) is 0 Å². The summed E-state index contributed by atoms with van der Waals surface area (Å²) in [6, 6.07) is 10.3. The van der Waals surface area contributed by atoms with Gasteiger partial charge in [0.2, 0.25) is 15.9 Å². The second-order valence-corrected chi connectivity index (χ2v) is 8.71. The molecule has 2 aromatic rings. The van der Waals surface area contributed by atoms with E-state index in [1.54, 1.807) is 18.2 Å². The second kappa shape index (κ2) is 8.20. The van der Waals surface area contributed by atoms with E-state index in [9.17, 15) is 13.2 Å². The van der Waals surface area contributed by atoms with Crippen molar-refractivity contribution in [3.05, 3.63) is 58.1 Å². The van der Waals surface area contributed by atoms with Crippen molar-refractivity contribution < 1.29 is 13.2 Å². The van der Waals surface area contributed by atoms with Crippen LogP contribution in [-0.4, -0.2) is 20.9 Å². The molecule has 0 aliphatic carbocycles. The minimum absolute atomic E-state index is 0.124. The third kappa shape index (κ3) is 5.06. The maximum Gasteiger partial charge on any atom is 0.241 e. The molecule has 0 heterocycles. The third-order valence-electron chi connectivity index (χ3n) is 3.98. The Morgan fingerprint density at radius 2 is 1.73 bits per heavy atom. The van der Waals surface area contributed by atoms with Crippen molar-refractivity contribution in [1.29, 1.82) is 0 Å². The number of benzene rings is 2. The Morgan fingerprint density at radius 3 is 2.27 bits per heavy atom. The number of halogens is 1. The number of amides is 1. The highest BCUT2D eigenvalue weighted by Crippen LogP contribution is 2.27. The summed E-state index contributed by atoms with van der Waals surface area (Å²) in [6.45, 7) is 7.42. The lowest BCUT2D eigenvalue weighted by Crippen LogP contribution is -2.33. The third-order valence-corrected chi connectivity index (χ3v) is 5.69. The standard InChI is InChI=1S/C19H23ClN2O3S/c1-12(2)15-5-7-16(8-6-15)26(24,25)21-11-18(23)22-19-14(4)9-13(3)10-17(19)20/h5-10,12,21H,11H2,1-4H3,(H,22,23). The molecule has 0 aliphatic heterocycles. The molecular weight excluding hydrogens is 372 g/mol. The first-order valence-electron chi connectivity index (χ1n) is 8.26. The smallest absolute Gasteiger partial charge is 0.241 e. The molecule has 0 bridgehead atoms. The minimum Gasteiger partial charge on any atom is -0.323 e. The molecule has 2 N–H and O–H groups in total. The van der Waals surface area contributed by atoms with Gasteiger partial charge in [0, 0.05) is 0 Å². The molecule has 0 aliphatic rings. The Bertz CT molecular complexity index is 884. The lowest BCUT2D eigenvalue weighted by atomic mass is 10.0. The number of anilines is 1. The van der Waals surface area contributed by atoms with E-state index < -0.39 is 15.9 Å². The van der Waals surface area contributed by atoms with Crippen LogP contribution in [0.3, 0.4) is 0 Å². The van der Waals surface area contributed by atoms with Crippen LogP contribution in [0.4, 0.5) is 5.69 Å². The molecule has 1 amide bonds. The number of rotatable bonds is 6. The molecule has 2 aromatic carbocycles. The lowest BCUT2D eigenvalue weighted by molar-refractivity contribution is -0.115. The molecule has 0 fully saturated rings. The topological polar surface area (TPSA) is 75.3 Å². The summed E-state index contributed by atoms with van der Waals surface area (Å²) in [5.41, 5.74) is 3.33. The fraction of sp³-hybridized carbons (Fsp3) is 0.316. The summed E-state index contributed by atoms with van der Waals surface area (Å²) in [5.74, 6) is -0.172. The van der Waals surface area contributed by atoms with E-state index in [0.717, 1.165) is 16.7 Å². The highest BCUT2D eigenvalue weighted by atomic mass is 35.5. The summed E-state index contributed by atoms with van der Waals surface area (Å²) in [4.78, 5) is 12.3. The van der Waals surface area contributed by atoms with Gasteiger partial charge in [-0.05, 0) is 54.7 Å². The molecule has 7 heteroatoms. The van der Waals surface area contributed by atoms with E-state index in [4.69, 9.17) is 11.6 Å². The van der Waals surface area contributed by atoms with Crippen molar-refractivity contribution in [2.24, 2.45) is 0 Å². The first-order chi connectivity index (χ1) is 12.1. The van der Waals surface area contributed by atoms with Crippen LogP contribution in [0.25, 0.3) is 0 Å². The van der Waals surface area contributed by atoms with Gasteiger partial charge in [0.1, 0.15) is 0 Å². The molecule has 0 saturated heterocycles. The van der Waals surface area contributed by atoms with Gasteiger partial charge in [-0.1, -0.05) is 43.6 Å². The molecule has 0 spiro atoms. The normalized spacial score (nSPS) is 11.6. The fourth-order valence-electron chi connectivity index (χ4n) is 2.53. The molecular formula is C19H23ClN2O3S. The van der Waals surface area contributed by atoms with Crippen molar-refractivity contribution in [2.45, 2.75) is 38.5 Å². The molecule has 0 atom stereocenters. The van der Waals surface area contributed by atoms with E-state index in [1.807, 2.05) is 33.8 Å². The van der Waals surface area contributed by atoms with Crippen LogP contribution in [0.1, 0.15) is 36.5 Å².